The van der Waals surface area contributed by atoms with E-state index < -0.39 is 0 Å². The third kappa shape index (κ3) is 3.56. The summed E-state index contributed by atoms with van der Waals surface area (Å²) in [6.45, 7) is 2.58. The van der Waals surface area contributed by atoms with Crippen LogP contribution in [-0.2, 0) is 6.54 Å². The first-order valence-corrected chi connectivity index (χ1v) is 8.21. The van der Waals surface area contributed by atoms with Gasteiger partial charge in [0.15, 0.2) is 0 Å². The summed E-state index contributed by atoms with van der Waals surface area (Å²) < 4.78 is 1.70. The number of aliphatic hydroxyl groups is 1. The highest BCUT2D eigenvalue weighted by atomic mass is 16.3. The first-order valence-electron chi connectivity index (χ1n) is 8.21. The summed E-state index contributed by atoms with van der Waals surface area (Å²) in [5.74, 6) is 0.613. The zero-order chi connectivity index (χ0) is 17.0. The van der Waals surface area contributed by atoms with E-state index in [0.717, 1.165) is 25.0 Å². The molecule has 2 unspecified atom stereocenters. The van der Waals surface area contributed by atoms with Crippen LogP contribution < -0.4 is 10.6 Å². The molecule has 3 rings (SSSR count). The fourth-order valence-electron chi connectivity index (χ4n) is 3.19. The van der Waals surface area contributed by atoms with Gasteiger partial charge in [0, 0.05) is 23.7 Å². The number of rotatable bonds is 5. The fraction of sp³-hybridized carbons (Fsp3) is 0.471. The molecule has 24 heavy (non-hydrogen) atoms. The van der Waals surface area contributed by atoms with Crippen LogP contribution in [0.5, 0.6) is 0 Å². The number of carbonyl (C=O) groups is 1. The minimum absolute atomic E-state index is 0.0188. The SMILES string of the molecule is CC1(CO)CCCC1NC(=O)Nc1ccnn1Cc1ccccn1. The second kappa shape index (κ2) is 7.00. The van der Waals surface area contributed by atoms with Gasteiger partial charge in [0.05, 0.1) is 25.0 Å². The van der Waals surface area contributed by atoms with Gasteiger partial charge >= 0.3 is 6.03 Å². The number of hydrogen-bond acceptors (Lipinski definition) is 4. The predicted octanol–water partition coefficient (Wildman–Crippen LogP) is 2.00. The van der Waals surface area contributed by atoms with E-state index in [1.165, 1.54) is 0 Å². The fourth-order valence-corrected chi connectivity index (χ4v) is 3.19. The number of aromatic nitrogens is 3. The molecule has 1 fully saturated rings. The van der Waals surface area contributed by atoms with Crippen molar-refractivity contribution in [3.05, 3.63) is 42.4 Å². The van der Waals surface area contributed by atoms with Gasteiger partial charge in [-0.1, -0.05) is 19.4 Å². The van der Waals surface area contributed by atoms with Gasteiger partial charge in [-0.25, -0.2) is 9.48 Å². The Hall–Kier alpha value is -2.41. The number of hydrogen-bond donors (Lipinski definition) is 3. The average molecular weight is 329 g/mol. The molecule has 0 saturated heterocycles. The van der Waals surface area contributed by atoms with Crippen molar-refractivity contribution in [3.8, 4) is 0 Å². The Balaban J connectivity index is 1.62. The van der Waals surface area contributed by atoms with Gasteiger partial charge in [0.25, 0.3) is 0 Å². The van der Waals surface area contributed by atoms with Crippen LogP contribution in [0.25, 0.3) is 0 Å². The quantitative estimate of drug-likeness (QED) is 0.782. The maximum Gasteiger partial charge on any atom is 0.320 e. The summed E-state index contributed by atoms with van der Waals surface area (Å²) in [5, 5.41) is 19.6. The van der Waals surface area contributed by atoms with Crippen LogP contribution >= 0.6 is 0 Å². The number of carbonyl (C=O) groups excluding carboxylic acids is 1. The van der Waals surface area contributed by atoms with Crippen LogP contribution in [-0.4, -0.2) is 38.6 Å². The maximum absolute atomic E-state index is 12.3. The lowest BCUT2D eigenvalue weighted by Gasteiger charge is -2.30. The second-order valence-corrected chi connectivity index (χ2v) is 6.55. The number of aliphatic hydroxyl groups excluding tert-OH is 1. The van der Waals surface area contributed by atoms with E-state index in [1.54, 1.807) is 23.1 Å². The number of urea groups is 1. The lowest BCUT2D eigenvalue weighted by atomic mass is 9.86. The molecule has 0 aromatic carbocycles. The molecule has 0 radical (unpaired) electrons. The van der Waals surface area contributed by atoms with Crippen molar-refractivity contribution in [2.24, 2.45) is 5.41 Å². The molecule has 1 saturated carbocycles. The molecule has 1 aliphatic rings. The summed E-state index contributed by atoms with van der Waals surface area (Å²) in [6, 6.07) is 7.15. The molecule has 0 bridgehead atoms. The Morgan fingerprint density at radius 1 is 1.42 bits per heavy atom. The van der Waals surface area contributed by atoms with Gasteiger partial charge in [-0.2, -0.15) is 5.10 Å². The molecule has 2 atom stereocenters. The molecule has 7 heteroatoms. The molecular weight excluding hydrogens is 306 g/mol. The first-order chi connectivity index (χ1) is 11.6. The summed E-state index contributed by atoms with van der Waals surface area (Å²) >= 11 is 0. The number of nitrogens with zero attached hydrogens (tertiary/aromatic N) is 3. The summed E-state index contributed by atoms with van der Waals surface area (Å²) in [5.41, 5.74) is 0.624. The highest BCUT2D eigenvalue weighted by molar-refractivity contribution is 5.88. The number of amides is 2. The van der Waals surface area contributed by atoms with Crippen molar-refractivity contribution in [1.82, 2.24) is 20.1 Å². The smallest absolute Gasteiger partial charge is 0.320 e. The van der Waals surface area contributed by atoms with Crippen molar-refractivity contribution in [2.45, 2.75) is 38.8 Å². The van der Waals surface area contributed by atoms with Gasteiger partial charge in [-0.3, -0.25) is 10.3 Å². The van der Waals surface area contributed by atoms with Crippen LogP contribution in [0.2, 0.25) is 0 Å². The van der Waals surface area contributed by atoms with E-state index >= 15 is 0 Å². The van der Waals surface area contributed by atoms with E-state index in [1.807, 2.05) is 25.1 Å². The van der Waals surface area contributed by atoms with E-state index in [0.29, 0.717) is 12.4 Å². The second-order valence-electron chi connectivity index (χ2n) is 6.55. The van der Waals surface area contributed by atoms with Gasteiger partial charge in [-0.15, -0.1) is 0 Å². The minimum atomic E-state index is -0.274. The van der Waals surface area contributed by atoms with E-state index in [4.69, 9.17) is 0 Å². The third-order valence-corrected chi connectivity index (χ3v) is 4.74. The van der Waals surface area contributed by atoms with Crippen LogP contribution in [0, 0.1) is 5.41 Å². The van der Waals surface area contributed by atoms with Crippen molar-refractivity contribution in [3.63, 3.8) is 0 Å². The predicted molar refractivity (Wildman–Crippen MR) is 90.6 cm³/mol. The number of nitrogens with one attached hydrogen (secondary N) is 2. The normalized spacial score (nSPS) is 23.2. The Morgan fingerprint density at radius 3 is 3.04 bits per heavy atom. The molecule has 2 aromatic rings. The van der Waals surface area contributed by atoms with Gasteiger partial charge in [0.2, 0.25) is 0 Å². The molecular formula is C17H23N5O2. The summed E-state index contributed by atoms with van der Waals surface area (Å²) in [7, 11) is 0. The van der Waals surface area contributed by atoms with E-state index in [2.05, 4.69) is 20.7 Å². The van der Waals surface area contributed by atoms with Crippen LogP contribution in [0.1, 0.15) is 31.9 Å². The Morgan fingerprint density at radius 2 is 2.29 bits per heavy atom. The van der Waals surface area contributed by atoms with Gasteiger partial charge in [0.1, 0.15) is 5.82 Å². The standard InChI is InChI=1S/C17H23N5O2/c1-17(12-23)8-4-6-14(17)20-16(24)21-15-7-10-19-22(15)11-13-5-2-3-9-18-13/h2-3,5,7,9-10,14,23H,4,6,8,11-12H2,1H3,(H2,20,21,24). The number of anilines is 1. The van der Waals surface area contributed by atoms with Crippen LogP contribution in [0.4, 0.5) is 10.6 Å². The van der Waals surface area contributed by atoms with Crippen molar-refractivity contribution in [2.75, 3.05) is 11.9 Å². The summed E-state index contributed by atoms with van der Waals surface area (Å²) in [6.07, 6.45) is 6.20. The average Bonchev–Trinajstić information content (AvgIpc) is 3.16. The van der Waals surface area contributed by atoms with Crippen LogP contribution in [0.15, 0.2) is 36.7 Å². The highest BCUT2D eigenvalue weighted by Crippen LogP contribution is 2.37. The topological polar surface area (TPSA) is 92.1 Å². The molecule has 0 spiro atoms. The third-order valence-electron chi connectivity index (χ3n) is 4.74. The largest absolute Gasteiger partial charge is 0.396 e. The van der Waals surface area contributed by atoms with Crippen molar-refractivity contribution < 1.29 is 9.90 Å². The molecule has 128 valence electrons. The molecule has 7 nitrogen and oxygen atoms in total. The van der Waals surface area contributed by atoms with E-state index in [-0.39, 0.29) is 24.1 Å². The number of pyridine rings is 1. The van der Waals surface area contributed by atoms with E-state index in [9.17, 15) is 9.90 Å². The Kier molecular flexibility index (Phi) is 4.80. The zero-order valence-corrected chi connectivity index (χ0v) is 13.8. The monoisotopic (exact) mass is 329 g/mol. The highest BCUT2D eigenvalue weighted by Gasteiger charge is 2.39. The molecule has 2 aromatic heterocycles. The van der Waals surface area contributed by atoms with Crippen LogP contribution in [0.3, 0.4) is 0 Å². The minimum Gasteiger partial charge on any atom is -0.396 e. The zero-order valence-electron chi connectivity index (χ0n) is 13.8. The molecule has 2 heterocycles. The molecule has 3 N–H and O–H groups in total. The van der Waals surface area contributed by atoms with Gasteiger partial charge in [-0.05, 0) is 25.0 Å². The molecule has 1 aliphatic carbocycles. The summed E-state index contributed by atoms with van der Waals surface area (Å²) in [4.78, 5) is 16.6. The van der Waals surface area contributed by atoms with Gasteiger partial charge < -0.3 is 10.4 Å². The maximum atomic E-state index is 12.3. The molecule has 2 amide bonds. The lowest BCUT2D eigenvalue weighted by molar-refractivity contribution is 0.122. The Labute approximate surface area is 141 Å². The molecule has 0 aliphatic heterocycles. The van der Waals surface area contributed by atoms with Crippen molar-refractivity contribution >= 4 is 11.8 Å². The Bertz CT molecular complexity index is 687. The first kappa shape index (κ1) is 16.4. The van der Waals surface area contributed by atoms with Crippen molar-refractivity contribution in [1.29, 1.82) is 0 Å². The lowest BCUT2D eigenvalue weighted by Crippen LogP contribution is -2.46.